The Morgan fingerprint density at radius 2 is 1.83 bits per heavy atom. The first kappa shape index (κ1) is 14.4. The van der Waals surface area contributed by atoms with Crippen molar-refractivity contribution in [2.75, 3.05) is 0 Å². The summed E-state index contributed by atoms with van der Waals surface area (Å²) in [5, 5.41) is 11.5. The molecule has 5 nitrogen and oxygen atoms in total. The molecule has 0 saturated heterocycles. The van der Waals surface area contributed by atoms with Crippen LogP contribution in [0.5, 0.6) is 0 Å². The zero-order chi connectivity index (χ0) is 16.1. The second-order valence-electron chi connectivity index (χ2n) is 5.91. The maximum absolute atomic E-state index is 13.1. The van der Waals surface area contributed by atoms with Gasteiger partial charge in [-0.25, -0.2) is 17.4 Å². The van der Waals surface area contributed by atoms with Crippen molar-refractivity contribution in [3.63, 3.8) is 0 Å². The van der Waals surface area contributed by atoms with Gasteiger partial charge in [0.05, 0.1) is 10.6 Å². The van der Waals surface area contributed by atoms with E-state index in [4.69, 9.17) is 0 Å². The van der Waals surface area contributed by atoms with Gasteiger partial charge in [-0.1, -0.05) is 18.2 Å². The normalized spacial score (nSPS) is 17.1. The third-order valence-electron chi connectivity index (χ3n) is 4.46. The molecule has 0 unspecified atom stereocenters. The fourth-order valence-corrected chi connectivity index (χ4v) is 4.62. The SMILES string of the molecule is O=S(=O)(c1ccccc1)n1c(C2(O)CCC2)cc2cccnc21. The molecule has 23 heavy (non-hydrogen) atoms. The molecule has 0 radical (unpaired) electrons. The maximum atomic E-state index is 13.1. The molecule has 2 heterocycles. The lowest BCUT2D eigenvalue weighted by Gasteiger charge is -2.37. The van der Waals surface area contributed by atoms with Crippen molar-refractivity contribution in [2.24, 2.45) is 0 Å². The van der Waals surface area contributed by atoms with E-state index in [2.05, 4.69) is 4.98 Å². The molecule has 118 valence electrons. The highest BCUT2D eigenvalue weighted by atomic mass is 32.2. The summed E-state index contributed by atoms with van der Waals surface area (Å²) in [4.78, 5) is 4.43. The van der Waals surface area contributed by atoms with Gasteiger partial charge in [0.2, 0.25) is 0 Å². The second-order valence-corrected chi connectivity index (χ2v) is 7.70. The van der Waals surface area contributed by atoms with E-state index in [0.29, 0.717) is 29.6 Å². The highest BCUT2D eigenvalue weighted by Crippen LogP contribution is 2.43. The van der Waals surface area contributed by atoms with Crippen molar-refractivity contribution in [1.82, 2.24) is 8.96 Å². The molecular formula is C17H16N2O3S. The molecule has 0 atom stereocenters. The van der Waals surface area contributed by atoms with E-state index >= 15 is 0 Å². The number of hydrogen-bond acceptors (Lipinski definition) is 4. The third-order valence-corrected chi connectivity index (χ3v) is 6.18. The Labute approximate surface area is 134 Å². The highest BCUT2D eigenvalue weighted by Gasteiger charge is 2.42. The van der Waals surface area contributed by atoms with Gasteiger partial charge in [0.15, 0.2) is 5.65 Å². The maximum Gasteiger partial charge on any atom is 0.269 e. The number of aromatic nitrogens is 2. The Morgan fingerprint density at radius 3 is 2.48 bits per heavy atom. The molecular weight excluding hydrogens is 312 g/mol. The van der Waals surface area contributed by atoms with Gasteiger partial charge in [-0.2, -0.15) is 0 Å². The molecule has 1 aliphatic carbocycles. The lowest BCUT2D eigenvalue weighted by molar-refractivity contribution is -0.0430. The molecule has 1 saturated carbocycles. The molecule has 0 bridgehead atoms. The summed E-state index contributed by atoms with van der Waals surface area (Å²) in [6.45, 7) is 0. The van der Waals surface area contributed by atoms with Crippen LogP contribution >= 0.6 is 0 Å². The van der Waals surface area contributed by atoms with Crippen LogP contribution in [-0.4, -0.2) is 22.5 Å². The fraction of sp³-hybridized carbons (Fsp3) is 0.235. The van der Waals surface area contributed by atoms with Crippen LogP contribution in [0.15, 0.2) is 59.6 Å². The zero-order valence-electron chi connectivity index (χ0n) is 12.4. The van der Waals surface area contributed by atoms with Gasteiger partial charge < -0.3 is 5.11 Å². The van der Waals surface area contributed by atoms with E-state index in [0.717, 1.165) is 6.42 Å². The van der Waals surface area contributed by atoms with Crippen LogP contribution in [-0.2, 0) is 15.6 Å². The van der Waals surface area contributed by atoms with Gasteiger partial charge >= 0.3 is 0 Å². The molecule has 0 aliphatic heterocycles. The highest BCUT2D eigenvalue weighted by molar-refractivity contribution is 7.90. The lowest BCUT2D eigenvalue weighted by Crippen LogP contribution is -2.37. The summed E-state index contributed by atoms with van der Waals surface area (Å²) in [7, 11) is -3.82. The van der Waals surface area contributed by atoms with E-state index in [1.165, 1.54) is 3.97 Å². The lowest BCUT2D eigenvalue weighted by atomic mass is 9.78. The van der Waals surface area contributed by atoms with E-state index in [1.54, 1.807) is 48.7 Å². The standard InChI is InChI=1S/C17H16N2O3S/c20-17(9-5-10-17)15-12-13-6-4-11-18-16(13)19(15)23(21,22)14-7-2-1-3-8-14/h1-4,6-8,11-12,20H,5,9-10H2. The van der Waals surface area contributed by atoms with Crippen LogP contribution in [0, 0.1) is 0 Å². The Balaban J connectivity index is 2.04. The number of aliphatic hydroxyl groups is 1. The number of benzene rings is 1. The number of fused-ring (bicyclic) bond motifs is 1. The minimum absolute atomic E-state index is 0.187. The molecule has 6 heteroatoms. The quantitative estimate of drug-likeness (QED) is 0.802. The van der Waals surface area contributed by atoms with Crippen molar-refractivity contribution in [3.05, 3.63) is 60.4 Å². The average molecular weight is 328 g/mol. The predicted molar refractivity (Wildman–Crippen MR) is 86.5 cm³/mol. The van der Waals surface area contributed by atoms with Gasteiger partial charge in [0.25, 0.3) is 10.0 Å². The predicted octanol–water partition coefficient (Wildman–Crippen LogP) is 2.64. The molecule has 0 spiro atoms. The molecule has 1 aliphatic rings. The van der Waals surface area contributed by atoms with Crippen LogP contribution in [0.2, 0.25) is 0 Å². The van der Waals surface area contributed by atoms with Gasteiger partial charge in [-0.3, -0.25) is 0 Å². The van der Waals surface area contributed by atoms with E-state index in [1.807, 2.05) is 6.07 Å². The number of hydrogen-bond donors (Lipinski definition) is 1. The molecule has 0 amide bonds. The number of pyridine rings is 1. The molecule has 3 aromatic rings. The minimum atomic E-state index is -3.82. The number of rotatable bonds is 3. The second kappa shape index (κ2) is 4.91. The Bertz CT molecular complexity index is 974. The minimum Gasteiger partial charge on any atom is -0.384 e. The summed E-state index contributed by atoms with van der Waals surface area (Å²) in [5.41, 5.74) is -0.337. The van der Waals surface area contributed by atoms with Crippen LogP contribution in [0.4, 0.5) is 0 Å². The smallest absolute Gasteiger partial charge is 0.269 e. The monoisotopic (exact) mass is 328 g/mol. The van der Waals surface area contributed by atoms with Crippen molar-refractivity contribution in [2.45, 2.75) is 29.8 Å². The zero-order valence-corrected chi connectivity index (χ0v) is 13.2. The Morgan fingerprint density at radius 1 is 1.09 bits per heavy atom. The van der Waals surface area contributed by atoms with Gasteiger partial charge in [-0.15, -0.1) is 0 Å². The van der Waals surface area contributed by atoms with Crippen molar-refractivity contribution < 1.29 is 13.5 Å². The van der Waals surface area contributed by atoms with E-state index < -0.39 is 15.6 Å². The van der Waals surface area contributed by atoms with Gasteiger partial charge in [0.1, 0.15) is 5.60 Å². The Kier molecular flexibility index (Phi) is 3.08. The first-order valence-electron chi connectivity index (χ1n) is 7.52. The summed E-state index contributed by atoms with van der Waals surface area (Å²) >= 11 is 0. The van der Waals surface area contributed by atoms with Gasteiger partial charge in [0, 0.05) is 11.6 Å². The van der Waals surface area contributed by atoms with Crippen molar-refractivity contribution in [1.29, 1.82) is 0 Å². The van der Waals surface area contributed by atoms with Crippen LogP contribution in [0.25, 0.3) is 11.0 Å². The molecule has 1 aromatic carbocycles. The average Bonchev–Trinajstić information content (AvgIpc) is 2.94. The topological polar surface area (TPSA) is 72.2 Å². The Hall–Kier alpha value is -2.18. The molecule has 2 aromatic heterocycles. The van der Waals surface area contributed by atoms with Crippen LogP contribution in [0.3, 0.4) is 0 Å². The molecule has 1 N–H and O–H groups in total. The summed E-state index contributed by atoms with van der Waals surface area (Å²) < 4.78 is 27.5. The largest absolute Gasteiger partial charge is 0.384 e. The van der Waals surface area contributed by atoms with Gasteiger partial charge in [-0.05, 0) is 49.6 Å². The van der Waals surface area contributed by atoms with E-state index in [9.17, 15) is 13.5 Å². The van der Waals surface area contributed by atoms with E-state index in [-0.39, 0.29) is 4.90 Å². The summed E-state index contributed by atoms with van der Waals surface area (Å²) in [5.74, 6) is 0. The fourth-order valence-electron chi connectivity index (χ4n) is 3.04. The van der Waals surface area contributed by atoms with Crippen LogP contribution in [0.1, 0.15) is 25.0 Å². The van der Waals surface area contributed by atoms with Crippen molar-refractivity contribution in [3.8, 4) is 0 Å². The first-order chi connectivity index (χ1) is 11.0. The van der Waals surface area contributed by atoms with Crippen LogP contribution < -0.4 is 0 Å². The molecule has 4 rings (SSSR count). The third kappa shape index (κ3) is 2.09. The van der Waals surface area contributed by atoms with Crippen molar-refractivity contribution >= 4 is 21.1 Å². The summed E-state index contributed by atoms with van der Waals surface area (Å²) in [6.07, 6.45) is 3.58. The first-order valence-corrected chi connectivity index (χ1v) is 8.96. The molecule has 1 fully saturated rings. The summed E-state index contributed by atoms with van der Waals surface area (Å²) in [6, 6.07) is 13.6. The number of nitrogens with zero attached hydrogens (tertiary/aromatic N) is 2.